The fourth-order valence-electron chi connectivity index (χ4n) is 2.33. The standard InChI is InChI=1S/C19H22O5/c1-3-23-18(19(20)21)12-15-9-10-16(22-2)17(11-15)24-13-14-7-5-4-6-8-14/h4-11,18H,3,12-13H2,1-2H3,(H,20,21). The first-order valence-corrected chi connectivity index (χ1v) is 7.82. The van der Waals surface area contributed by atoms with Gasteiger partial charge in [0, 0.05) is 13.0 Å². The lowest BCUT2D eigenvalue weighted by molar-refractivity contribution is -0.149. The van der Waals surface area contributed by atoms with Gasteiger partial charge in [-0.3, -0.25) is 0 Å². The average molecular weight is 330 g/mol. The summed E-state index contributed by atoms with van der Waals surface area (Å²) in [6, 6.07) is 15.2. The van der Waals surface area contributed by atoms with Gasteiger partial charge in [-0.2, -0.15) is 0 Å². The van der Waals surface area contributed by atoms with E-state index >= 15 is 0 Å². The van der Waals surface area contributed by atoms with Crippen LogP contribution < -0.4 is 9.47 Å². The first-order chi connectivity index (χ1) is 11.6. The molecule has 0 saturated heterocycles. The smallest absolute Gasteiger partial charge is 0.333 e. The van der Waals surface area contributed by atoms with Crippen molar-refractivity contribution in [3.8, 4) is 11.5 Å². The molecule has 2 aromatic carbocycles. The molecule has 0 spiro atoms. The number of hydrogen-bond acceptors (Lipinski definition) is 4. The molecule has 0 fully saturated rings. The van der Waals surface area contributed by atoms with E-state index in [9.17, 15) is 9.90 Å². The summed E-state index contributed by atoms with van der Waals surface area (Å²) in [5.74, 6) is 0.219. The van der Waals surface area contributed by atoms with Crippen molar-refractivity contribution >= 4 is 5.97 Å². The van der Waals surface area contributed by atoms with Gasteiger partial charge >= 0.3 is 5.97 Å². The molecule has 0 aliphatic rings. The highest BCUT2D eigenvalue weighted by Crippen LogP contribution is 2.29. The Labute approximate surface area is 141 Å². The molecule has 5 nitrogen and oxygen atoms in total. The zero-order chi connectivity index (χ0) is 17.4. The predicted molar refractivity (Wildman–Crippen MR) is 90.5 cm³/mol. The first-order valence-electron chi connectivity index (χ1n) is 7.82. The molecule has 0 radical (unpaired) electrons. The maximum Gasteiger partial charge on any atom is 0.333 e. The van der Waals surface area contributed by atoms with Gasteiger partial charge in [-0.15, -0.1) is 0 Å². The number of methoxy groups -OCH3 is 1. The Kier molecular flexibility index (Phi) is 6.63. The summed E-state index contributed by atoms with van der Waals surface area (Å²) < 4.78 is 16.4. The third kappa shape index (κ3) is 4.99. The fraction of sp³-hybridized carbons (Fsp3) is 0.316. The van der Waals surface area contributed by atoms with Crippen LogP contribution in [0.1, 0.15) is 18.1 Å². The number of carboxylic acids is 1. The van der Waals surface area contributed by atoms with E-state index in [0.29, 0.717) is 24.7 Å². The second kappa shape index (κ2) is 8.93. The molecule has 0 amide bonds. The van der Waals surface area contributed by atoms with Gasteiger partial charge in [0.15, 0.2) is 17.6 Å². The Morgan fingerprint density at radius 3 is 2.46 bits per heavy atom. The quantitative estimate of drug-likeness (QED) is 0.764. The van der Waals surface area contributed by atoms with Gasteiger partial charge in [-0.1, -0.05) is 36.4 Å². The third-order valence-electron chi connectivity index (χ3n) is 3.53. The molecular weight excluding hydrogens is 308 g/mol. The van der Waals surface area contributed by atoms with E-state index in [0.717, 1.165) is 11.1 Å². The van der Waals surface area contributed by atoms with Crippen LogP contribution in [0.15, 0.2) is 48.5 Å². The van der Waals surface area contributed by atoms with Crippen molar-refractivity contribution in [3.63, 3.8) is 0 Å². The monoisotopic (exact) mass is 330 g/mol. The van der Waals surface area contributed by atoms with Crippen LogP contribution in [0.5, 0.6) is 11.5 Å². The molecule has 0 aromatic heterocycles. The predicted octanol–water partition coefficient (Wildman–Crippen LogP) is 3.31. The normalized spacial score (nSPS) is 11.8. The molecule has 0 heterocycles. The molecule has 1 atom stereocenters. The Hall–Kier alpha value is -2.53. The van der Waals surface area contributed by atoms with E-state index < -0.39 is 12.1 Å². The summed E-state index contributed by atoms with van der Waals surface area (Å²) in [5.41, 5.74) is 1.86. The lowest BCUT2D eigenvalue weighted by Crippen LogP contribution is -2.26. The number of benzene rings is 2. The second-order valence-corrected chi connectivity index (χ2v) is 5.25. The largest absolute Gasteiger partial charge is 0.493 e. The van der Waals surface area contributed by atoms with E-state index in [-0.39, 0.29) is 6.42 Å². The average Bonchev–Trinajstić information content (AvgIpc) is 2.60. The summed E-state index contributed by atoms with van der Waals surface area (Å²) in [6.45, 7) is 2.54. The lowest BCUT2D eigenvalue weighted by atomic mass is 10.1. The number of carboxylic acid groups (broad SMARTS) is 1. The van der Waals surface area contributed by atoms with E-state index in [1.165, 1.54) is 0 Å². The topological polar surface area (TPSA) is 65.0 Å². The number of rotatable bonds is 9. The van der Waals surface area contributed by atoms with E-state index in [1.54, 1.807) is 26.2 Å². The highest BCUT2D eigenvalue weighted by atomic mass is 16.5. The van der Waals surface area contributed by atoms with Gasteiger partial charge in [0.1, 0.15) is 6.61 Å². The van der Waals surface area contributed by atoms with Crippen molar-refractivity contribution in [1.82, 2.24) is 0 Å². The van der Waals surface area contributed by atoms with Crippen LogP contribution in [0.25, 0.3) is 0 Å². The molecule has 0 bridgehead atoms. The maximum atomic E-state index is 11.2. The number of hydrogen-bond donors (Lipinski definition) is 1. The minimum Gasteiger partial charge on any atom is -0.493 e. The Balaban J connectivity index is 2.12. The van der Waals surface area contributed by atoms with Crippen LogP contribution in [0.4, 0.5) is 0 Å². The zero-order valence-electron chi connectivity index (χ0n) is 13.9. The van der Waals surface area contributed by atoms with Crippen LogP contribution in [0, 0.1) is 0 Å². The molecule has 128 valence electrons. The molecule has 2 aromatic rings. The van der Waals surface area contributed by atoms with E-state index in [1.807, 2.05) is 36.4 Å². The molecule has 2 rings (SSSR count). The molecule has 1 unspecified atom stereocenters. The van der Waals surface area contributed by atoms with Crippen LogP contribution in [-0.4, -0.2) is 30.9 Å². The summed E-state index contributed by atoms with van der Waals surface area (Å²) >= 11 is 0. The molecule has 24 heavy (non-hydrogen) atoms. The van der Waals surface area contributed by atoms with Crippen LogP contribution in [0.3, 0.4) is 0 Å². The number of ether oxygens (including phenoxy) is 3. The van der Waals surface area contributed by atoms with Crippen molar-refractivity contribution in [2.45, 2.75) is 26.1 Å². The molecule has 1 N–H and O–H groups in total. The maximum absolute atomic E-state index is 11.2. The molecule has 0 aliphatic heterocycles. The van der Waals surface area contributed by atoms with Crippen LogP contribution in [0.2, 0.25) is 0 Å². The molecule has 0 saturated carbocycles. The highest BCUT2D eigenvalue weighted by molar-refractivity contribution is 5.72. The van der Waals surface area contributed by atoms with Crippen LogP contribution >= 0.6 is 0 Å². The summed E-state index contributed by atoms with van der Waals surface area (Å²) in [4.78, 5) is 11.2. The van der Waals surface area contributed by atoms with E-state index in [4.69, 9.17) is 14.2 Å². The molecule has 5 heteroatoms. The van der Waals surface area contributed by atoms with Gasteiger partial charge in [-0.25, -0.2) is 4.79 Å². The van der Waals surface area contributed by atoms with Gasteiger partial charge in [0.25, 0.3) is 0 Å². The molecular formula is C19H22O5. The summed E-state index contributed by atoms with van der Waals surface area (Å²) in [6.07, 6.45) is -0.597. The number of aliphatic carboxylic acids is 1. The van der Waals surface area contributed by atoms with Gasteiger partial charge in [-0.05, 0) is 30.2 Å². The van der Waals surface area contributed by atoms with Crippen molar-refractivity contribution < 1.29 is 24.1 Å². The second-order valence-electron chi connectivity index (χ2n) is 5.25. The Morgan fingerprint density at radius 2 is 1.83 bits per heavy atom. The highest BCUT2D eigenvalue weighted by Gasteiger charge is 2.19. The number of carbonyl (C=O) groups is 1. The zero-order valence-corrected chi connectivity index (χ0v) is 13.9. The fourth-order valence-corrected chi connectivity index (χ4v) is 2.33. The summed E-state index contributed by atoms with van der Waals surface area (Å²) in [5, 5.41) is 9.21. The summed E-state index contributed by atoms with van der Waals surface area (Å²) in [7, 11) is 1.57. The van der Waals surface area contributed by atoms with Crippen molar-refractivity contribution in [1.29, 1.82) is 0 Å². The van der Waals surface area contributed by atoms with Crippen LogP contribution in [-0.2, 0) is 22.6 Å². The SMILES string of the molecule is CCOC(Cc1ccc(OC)c(OCc2ccccc2)c1)C(=O)O. The minimum atomic E-state index is -0.973. The van der Waals surface area contributed by atoms with Crippen molar-refractivity contribution in [3.05, 3.63) is 59.7 Å². The Morgan fingerprint density at radius 1 is 1.08 bits per heavy atom. The Bertz CT molecular complexity index is 654. The van der Waals surface area contributed by atoms with Crippen molar-refractivity contribution in [2.75, 3.05) is 13.7 Å². The van der Waals surface area contributed by atoms with Gasteiger partial charge < -0.3 is 19.3 Å². The van der Waals surface area contributed by atoms with E-state index in [2.05, 4.69) is 0 Å². The van der Waals surface area contributed by atoms with Crippen molar-refractivity contribution in [2.24, 2.45) is 0 Å². The first kappa shape index (κ1) is 17.8. The minimum absolute atomic E-state index is 0.273. The third-order valence-corrected chi connectivity index (χ3v) is 3.53. The van der Waals surface area contributed by atoms with Gasteiger partial charge in [0.05, 0.1) is 7.11 Å². The van der Waals surface area contributed by atoms with Gasteiger partial charge in [0.2, 0.25) is 0 Å². The molecule has 0 aliphatic carbocycles. The lowest BCUT2D eigenvalue weighted by Gasteiger charge is -2.15.